The van der Waals surface area contributed by atoms with Crippen molar-refractivity contribution < 1.29 is 19.0 Å². The third-order valence-electron chi connectivity index (χ3n) is 6.70. The molecule has 2 fully saturated rings. The first-order chi connectivity index (χ1) is 14.3. The van der Waals surface area contributed by atoms with Crippen LogP contribution in [0.15, 0.2) is 17.1 Å². The summed E-state index contributed by atoms with van der Waals surface area (Å²) in [6, 6.07) is 1.65. The molecule has 0 amide bonds. The van der Waals surface area contributed by atoms with Gasteiger partial charge in [-0.2, -0.15) is 0 Å². The molecule has 160 valence electrons. The Bertz CT molecular complexity index is 1090. The number of hydrogen-bond donors (Lipinski definition) is 2. The molecule has 5 rings (SSSR count). The lowest BCUT2D eigenvalue weighted by molar-refractivity contribution is 0.0694. The highest BCUT2D eigenvalue weighted by molar-refractivity contribution is 5.97. The first kappa shape index (κ1) is 19.4. The summed E-state index contributed by atoms with van der Waals surface area (Å²) in [5, 5.41) is 13.0. The lowest BCUT2D eigenvalue weighted by Gasteiger charge is -2.31. The van der Waals surface area contributed by atoms with Crippen LogP contribution in [0.3, 0.4) is 0 Å². The summed E-state index contributed by atoms with van der Waals surface area (Å²) in [6.45, 7) is 6.70. The number of hydrogen-bond acceptors (Lipinski definition) is 5. The average molecular weight is 415 g/mol. The van der Waals surface area contributed by atoms with E-state index in [0.717, 1.165) is 6.54 Å². The van der Waals surface area contributed by atoms with Gasteiger partial charge >= 0.3 is 5.97 Å². The molecule has 0 bridgehead atoms. The highest BCUT2D eigenvalue weighted by atomic mass is 19.1. The molecule has 1 saturated heterocycles. The molecule has 2 aromatic rings. The summed E-state index contributed by atoms with van der Waals surface area (Å²) in [6.07, 6.45) is 3.83. The number of ether oxygens (including phenoxy) is 1. The molecule has 1 aromatic carbocycles. The van der Waals surface area contributed by atoms with Gasteiger partial charge in [0, 0.05) is 31.9 Å². The average Bonchev–Trinajstić information content (AvgIpc) is 3.46. The molecule has 1 aliphatic carbocycles. The lowest BCUT2D eigenvalue weighted by atomic mass is 9.98. The monoisotopic (exact) mass is 415 g/mol. The van der Waals surface area contributed by atoms with E-state index in [1.807, 2.05) is 11.8 Å². The fraction of sp³-hybridized carbons (Fsp3) is 0.545. The molecule has 30 heavy (non-hydrogen) atoms. The minimum atomic E-state index is -1.31. The number of pyridine rings is 1. The van der Waals surface area contributed by atoms with Crippen LogP contribution in [0.5, 0.6) is 5.75 Å². The smallest absolute Gasteiger partial charge is 0.341 e. The highest BCUT2D eigenvalue weighted by Crippen LogP contribution is 2.44. The Balaban J connectivity index is 1.60. The second kappa shape index (κ2) is 6.97. The SMILES string of the molecule is C[C@@H]1CN(c2c(F)cc3c(=O)c(C(=O)O)cn4c3c2OC[C@@H]4C)C[C@@H]1CNC1CC1. The van der Waals surface area contributed by atoms with Crippen LogP contribution in [0.2, 0.25) is 0 Å². The van der Waals surface area contributed by atoms with Crippen LogP contribution in [-0.2, 0) is 0 Å². The van der Waals surface area contributed by atoms with Gasteiger partial charge in [0.2, 0.25) is 5.43 Å². The topological polar surface area (TPSA) is 83.8 Å². The fourth-order valence-corrected chi connectivity index (χ4v) is 4.75. The van der Waals surface area contributed by atoms with E-state index >= 15 is 4.39 Å². The number of halogens is 1. The summed E-state index contributed by atoms with van der Waals surface area (Å²) >= 11 is 0. The summed E-state index contributed by atoms with van der Waals surface area (Å²) in [4.78, 5) is 26.3. The Kier molecular flexibility index (Phi) is 4.50. The molecule has 3 heterocycles. The van der Waals surface area contributed by atoms with E-state index in [1.54, 1.807) is 4.57 Å². The number of carboxylic acids is 1. The summed E-state index contributed by atoms with van der Waals surface area (Å²) in [5.74, 6) is -0.694. The van der Waals surface area contributed by atoms with Crippen LogP contribution in [0.4, 0.5) is 10.1 Å². The van der Waals surface area contributed by atoms with Crippen LogP contribution in [-0.4, -0.2) is 47.9 Å². The molecule has 0 radical (unpaired) electrons. The van der Waals surface area contributed by atoms with Crippen LogP contribution in [0, 0.1) is 17.7 Å². The van der Waals surface area contributed by atoms with Gasteiger partial charge in [-0.25, -0.2) is 9.18 Å². The van der Waals surface area contributed by atoms with Gasteiger partial charge in [-0.3, -0.25) is 4.79 Å². The van der Waals surface area contributed by atoms with E-state index in [9.17, 15) is 14.7 Å². The number of nitrogens with zero attached hydrogens (tertiary/aromatic N) is 2. The van der Waals surface area contributed by atoms with Gasteiger partial charge in [-0.1, -0.05) is 6.92 Å². The van der Waals surface area contributed by atoms with Crippen molar-refractivity contribution in [1.29, 1.82) is 0 Å². The standard InChI is InChI=1S/C22H26FN3O4/c1-11-7-25(8-13(11)6-24-14-3-4-14)19-17(23)5-15-18-21(19)30-10-12(2)26(18)9-16(20(15)27)22(28)29/h5,9,11-14,24H,3-4,6-8,10H2,1-2H3,(H,28,29)/t11-,12+,13+/m1/s1. The van der Waals surface area contributed by atoms with Crippen molar-refractivity contribution in [1.82, 2.24) is 9.88 Å². The largest absolute Gasteiger partial charge is 0.487 e. The highest BCUT2D eigenvalue weighted by Gasteiger charge is 2.36. The Morgan fingerprint density at radius 1 is 1.33 bits per heavy atom. The van der Waals surface area contributed by atoms with Crippen molar-refractivity contribution in [3.8, 4) is 5.75 Å². The molecule has 3 atom stereocenters. The number of benzene rings is 1. The van der Waals surface area contributed by atoms with Gasteiger partial charge in [-0.05, 0) is 37.7 Å². The summed E-state index contributed by atoms with van der Waals surface area (Å²) < 4.78 is 23.0. The van der Waals surface area contributed by atoms with Gasteiger partial charge in [0.25, 0.3) is 0 Å². The third-order valence-corrected chi connectivity index (χ3v) is 6.70. The molecule has 1 saturated carbocycles. The molecular formula is C22H26FN3O4. The molecule has 0 unspecified atom stereocenters. The van der Waals surface area contributed by atoms with Crippen LogP contribution < -0.4 is 20.4 Å². The molecule has 1 aromatic heterocycles. The molecule has 0 spiro atoms. The predicted octanol–water partition coefficient (Wildman–Crippen LogP) is 2.62. The van der Waals surface area contributed by atoms with E-state index < -0.39 is 17.2 Å². The van der Waals surface area contributed by atoms with Crippen LogP contribution in [0.1, 0.15) is 43.1 Å². The van der Waals surface area contributed by atoms with E-state index in [2.05, 4.69) is 12.2 Å². The molecule has 2 N–H and O–H groups in total. The first-order valence-corrected chi connectivity index (χ1v) is 10.6. The zero-order valence-corrected chi connectivity index (χ0v) is 17.2. The number of carboxylic acid groups (broad SMARTS) is 1. The lowest BCUT2D eigenvalue weighted by Crippen LogP contribution is -2.30. The van der Waals surface area contributed by atoms with Crippen LogP contribution >= 0.6 is 0 Å². The van der Waals surface area contributed by atoms with E-state index in [1.165, 1.54) is 25.1 Å². The number of aromatic carboxylic acids is 1. The molecule has 2 aliphatic heterocycles. The minimum absolute atomic E-state index is 0.0527. The fourth-order valence-electron chi connectivity index (χ4n) is 4.75. The van der Waals surface area contributed by atoms with Gasteiger partial charge in [0.05, 0.1) is 16.9 Å². The second-order valence-electron chi connectivity index (χ2n) is 9.00. The normalized spacial score (nSPS) is 25.6. The quantitative estimate of drug-likeness (QED) is 0.781. The van der Waals surface area contributed by atoms with Gasteiger partial charge < -0.3 is 24.6 Å². The number of rotatable bonds is 5. The Morgan fingerprint density at radius 3 is 2.80 bits per heavy atom. The molecule has 7 nitrogen and oxygen atoms in total. The number of carbonyl (C=O) groups is 1. The summed E-state index contributed by atoms with van der Waals surface area (Å²) in [7, 11) is 0. The molecule has 3 aliphatic rings. The number of anilines is 1. The minimum Gasteiger partial charge on any atom is -0.487 e. The van der Waals surface area contributed by atoms with Crippen molar-refractivity contribution >= 4 is 22.6 Å². The van der Waals surface area contributed by atoms with Gasteiger partial charge in [0.1, 0.15) is 17.9 Å². The third kappa shape index (κ3) is 3.05. The molecular weight excluding hydrogens is 389 g/mol. The van der Waals surface area contributed by atoms with E-state index in [4.69, 9.17) is 4.74 Å². The van der Waals surface area contributed by atoms with E-state index in [0.29, 0.717) is 47.9 Å². The predicted molar refractivity (Wildman–Crippen MR) is 111 cm³/mol. The first-order valence-electron chi connectivity index (χ1n) is 10.6. The van der Waals surface area contributed by atoms with Crippen molar-refractivity contribution in [3.63, 3.8) is 0 Å². The Morgan fingerprint density at radius 2 is 2.10 bits per heavy atom. The van der Waals surface area contributed by atoms with Crippen molar-refractivity contribution in [2.24, 2.45) is 11.8 Å². The zero-order chi connectivity index (χ0) is 21.2. The Labute approximate surface area is 173 Å². The maximum atomic E-state index is 15.3. The molecule has 8 heteroatoms. The van der Waals surface area contributed by atoms with E-state index in [-0.39, 0.29) is 23.6 Å². The van der Waals surface area contributed by atoms with Gasteiger partial charge in [-0.15, -0.1) is 0 Å². The van der Waals surface area contributed by atoms with Crippen molar-refractivity contribution in [3.05, 3.63) is 33.9 Å². The van der Waals surface area contributed by atoms with Gasteiger partial charge in [0.15, 0.2) is 11.6 Å². The summed E-state index contributed by atoms with van der Waals surface area (Å²) in [5.41, 5.74) is -0.173. The van der Waals surface area contributed by atoms with Crippen molar-refractivity contribution in [2.45, 2.75) is 38.8 Å². The zero-order valence-electron chi connectivity index (χ0n) is 17.2. The van der Waals surface area contributed by atoms with Crippen molar-refractivity contribution in [2.75, 3.05) is 31.1 Å². The second-order valence-corrected chi connectivity index (χ2v) is 9.00. The number of nitrogens with one attached hydrogen (secondary N) is 1. The van der Waals surface area contributed by atoms with Crippen LogP contribution in [0.25, 0.3) is 10.9 Å². The Hall–Kier alpha value is -2.61. The maximum Gasteiger partial charge on any atom is 0.341 e. The number of aromatic nitrogens is 1. The maximum absolute atomic E-state index is 15.3.